The Hall–Kier alpha value is -6.06. The molecule has 0 saturated carbocycles. The van der Waals surface area contributed by atoms with Gasteiger partial charge in [0.2, 0.25) is 0 Å². The Labute approximate surface area is 264 Å². The molecular formula is C43H24O3. The second kappa shape index (κ2) is 8.56. The predicted octanol–water partition coefficient (Wildman–Crippen LogP) is 11.5. The van der Waals surface area contributed by atoms with Crippen LogP contribution in [0.5, 0.6) is 23.0 Å². The molecule has 0 amide bonds. The number of hydrogen-bond acceptors (Lipinski definition) is 3. The van der Waals surface area contributed by atoms with E-state index in [0.717, 1.165) is 67.2 Å². The molecule has 1 spiro atoms. The summed E-state index contributed by atoms with van der Waals surface area (Å²) in [5.74, 6) is 2.96. The summed E-state index contributed by atoms with van der Waals surface area (Å²) in [5, 5.41) is 2.26. The van der Waals surface area contributed by atoms with E-state index < -0.39 is 5.41 Å². The number of benzene rings is 7. The molecule has 2 heterocycles. The fourth-order valence-corrected chi connectivity index (χ4v) is 8.35. The van der Waals surface area contributed by atoms with Gasteiger partial charge in [0.15, 0.2) is 23.0 Å². The van der Waals surface area contributed by atoms with Crippen molar-refractivity contribution in [2.24, 2.45) is 0 Å². The molecule has 0 fully saturated rings. The first-order valence-corrected chi connectivity index (χ1v) is 15.7. The topological polar surface area (TPSA) is 31.6 Å². The maximum atomic E-state index is 6.72. The first kappa shape index (κ1) is 24.3. The minimum atomic E-state index is -0.523. The highest BCUT2D eigenvalue weighted by molar-refractivity contribution is 6.10. The van der Waals surface area contributed by atoms with Gasteiger partial charge in [0, 0.05) is 21.9 Å². The van der Waals surface area contributed by atoms with E-state index in [4.69, 9.17) is 13.9 Å². The van der Waals surface area contributed by atoms with E-state index in [9.17, 15) is 0 Å². The van der Waals surface area contributed by atoms with E-state index in [-0.39, 0.29) is 0 Å². The lowest BCUT2D eigenvalue weighted by molar-refractivity contribution is 0.360. The summed E-state index contributed by atoms with van der Waals surface area (Å²) >= 11 is 0. The second-order valence-corrected chi connectivity index (χ2v) is 12.3. The largest absolute Gasteiger partial charge is 0.455 e. The maximum absolute atomic E-state index is 6.72. The lowest BCUT2D eigenvalue weighted by Gasteiger charge is -2.31. The van der Waals surface area contributed by atoms with Crippen LogP contribution in [0.15, 0.2) is 150 Å². The summed E-state index contributed by atoms with van der Waals surface area (Å²) in [6.45, 7) is 0. The van der Waals surface area contributed by atoms with Crippen molar-refractivity contribution in [2.45, 2.75) is 5.41 Å². The number of furan rings is 1. The van der Waals surface area contributed by atoms with Gasteiger partial charge in [0.25, 0.3) is 0 Å². The van der Waals surface area contributed by atoms with E-state index in [1.165, 1.54) is 33.4 Å². The van der Waals surface area contributed by atoms with Gasteiger partial charge in [-0.1, -0.05) is 115 Å². The lowest BCUT2D eigenvalue weighted by atomic mass is 9.70. The molecule has 46 heavy (non-hydrogen) atoms. The van der Waals surface area contributed by atoms with Crippen molar-refractivity contribution in [2.75, 3.05) is 0 Å². The van der Waals surface area contributed by atoms with E-state index in [0.29, 0.717) is 0 Å². The van der Waals surface area contributed by atoms with Crippen molar-refractivity contribution in [3.05, 3.63) is 168 Å². The van der Waals surface area contributed by atoms with Crippen molar-refractivity contribution < 1.29 is 13.9 Å². The molecule has 0 saturated heterocycles. The third-order valence-electron chi connectivity index (χ3n) is 10.2. The molecule has 0 unspecified atom stereocenters. The van der Waals surface area contributed by atoms with Crippen LogP contribution in [0.3, 0.4) is 0 Å². The molecule has 0 bridgehead atoms. The number of rotatable bonds is 1. The molecule has 2 aliphatic carbocycles. The molecule has 7 aromatic carbocycles. The van der Waals surface area contributed by atoms with Gasteiger partial charge < -0.3 is 13.9 Å². The van der Waals surface area contributed by atoms with Crippen LogP contribution in [-0.2, 0) is 5.41 Å². The quantitative estimate of drug-likeness (QED) is 0.191. The molecule has 1 aliphatic heterocycles. The Bertz CT molecular complexity index is 2560. The monoisotopic (exact) mass is 588 g/mol. The molecule has 0 atom stereocenters. The fraction of sp³-hybridized carbons (Fsp3) is 0.0233. The fourth-order valence-electron chi connectivity index (χ4n) is 8.35. The highest BCUT2D eigenvalue weighted by Gasteiger charge is 2.53. The van der Waals surface area contributed by atoms with Crippen molar-refractivity contribution in [1.29, 1.82) is 0 Å². The van der Waals surface area contributed by atoms with Crippen LogP contribution in [0.2, 0.25) is 0 Å². The van der Waals surface area contributed by atoms with Gasteiger partial charge in [-0.2, -0.15) is 0 Å². The highest BCUT2D eigenvalue weighted by atomic mass is 16.6. The summed E-state index contributed by atoms with van der Waals surface area (Å²) in [5.41, 5.74) is 13.3. The molecule has 214 valence electrons. The predicted molar refractivity (Wildman–Crippen MR) is 182 cm³/mol. The van der Waals surface area contributed by atoms with Gasteiger partial charge in [-0.25, -0.2) is 0 Å². The summed E-state index contributed by atoms with van der Waals surface area (Å²) in [4.78, 5) is 0. The second-order valence-electron chi connectivity index (χ2n) is 12.3. The molecule has 8 aromatic rings. The van der Waals surface area contributed by atoms with Gasteiger partial charge >= 0.3 is 0 Å². The molecule has 1 aromatic heterocycles. The van der Waals surface area contributed by atoms with Crippen LogP contribution >= 0.6 is 0 Å². The van der Waals surface area contributed by atoms with Crippen LogP contribution < -0.4 is 9.47 Å². The average Bonchev–Trinajstić information content (AvgIpc) is 3.74. The number of ether oxygens (including phenoxy) is 2. The lowest BCUT2D eigenvalue weighted by Crippen LogP contribution is -2.26. The Balaban J connectivity index is 1.24. The first-order chi connectivity index (χ1) is 22.8. The zero-order chi connectivity index (χ0) is 30.0. The van der Waals surface area contributed by atoms with Gasteiger partial charge in [-0.15, -0.1) is 0 Å². The Morgan fingerprint density at radius 1 is 0.413 bits per heavy atom. The maximum Gasteiger partial charge on any atom is 0.178 e. The highest BCUT2D eigenvalue weighted by Crippen LogP contribution is 2.66. The van der Waals surface area contributed by atoms with Crippen molar-refractivity contribution >= 4 is 21.9 Å². The van der Waals surface area contributed by atoms with E-state index in [2.05, 4.69) is 109 Å². The van der Waals surface area contributed by atoms with Crippen LogP contribution in [0.4, 0.5) is 0 Å². The van der Waals surface area contributed by atoms with Gasteiger partial charge in [0.1, 0.15) is 11.2 Å². The summed E-state index contributed by atoms with van der Waals surface area (Å²) in [6, 6.07) is 51.6. The van der Waals surface area contributed by atoms with Crippen LogP contribution in [0.1, 0.15) is 22.3 Å². The molecule has 3 aliphatic rings. The minimum absolute atomic E-state index is 0.523. The third kappa shape index (κ3) is 2.89. The number of fused-ring (bicyclic) bond motifs is 16. The molecule has 0 N–H and O–H groups in total. The summed E-state index contributed by atoms with van der Waals surface area (Å²) in [7, 11) is 0. The zero-order valence-electron chi connectivity index (χ0n) is 24.6. The Kier molecular flexibility index (Phi) is 4.52. The van der Waals surface area contributed by atoms with E-state index in [1.54, 1.807) is 0 Å². The molecule has 3 heteroatoms. The zero-order valence-corrected chi connectivity index (χ0v) is 24.6. The minimum Gasteiger partial charge on any atom is -0.455 e. The summed E-state index contributed by atoms with van der Waals surface area (Å²) < 4.78 is 19.7. The van der Waals surface area contributed by atoms with E-state index in [1.807, 2.05) is 36.4 Å². The van der Waals surface area contributed by atoms with E-state index >= 15 is 0 Å². The molecule has 11 rings (SSSR count). The number of hydrogen-bond donors (Lipinski definition) is 0. The van der Waals surface area contributed by atoms with Gasteiger partial charge in [0.05, 0.1) is 5.41 Å². The SMILES string of the molecule is c1ccc2c(c1)Oc1ccc3c(c1O2)-c1ccc(-c2cccc4c2oc2ccccc24)cc1C31c2ccccc2-c2ccccc21. The molecule has 3 nitrogen and oxygen atoms in total. The summed E-state index contributed by atoms with van der Waals surface area (Å²) in [6.07, 6.45) is 0. The smallest absolute Gasteiger partial charge is 0.178 e. The van der Waals surface area contributed by atoms with Crippen LogP contribution in [-0.4, -0.2) is 0 Å². The van der Waals surface area contributed by atoms with Crippen molar-refractivity contribution in [1.82, 2.24) is 0 Å². The normalized spacial score (nSPS) is 14.2. The van der Waals surface area contributed by atoms with Gasteiger partial charge in [-0.05, 0) is 74.8 Å². The average molecular weight is 589 g/mol. The van der Waals surface area contributed by atoms with Crippen LogP contribution in [0.25, 0.3) is 55.3 Å². The first-order valence-electron chi connectivity index (χ1n) is 15.7. The third-order valence-corrected chi connectivity index (χ3v) is 10.2. The molecular weight excluding hydrogens is 564 g/mol. The Morgan fingerprint density at radius 2 is 1.09 bits per heavy atom. The van der Waals surface area contributed by atoms with Crippen LogP contribution in [0, 0.1) is 0 Å². The van der Waals surface area contributed by atoms with Crippen molar-refractivity contribution in [3.63, 3.8) is 0 Å². The van der Waals surface area contributed by atoms with Crippen molar-refractivity contribution in [3.8, 4) is 56.4 Å². The Morgan fingerprint density at radius 3 is 1.91 bits per heavy atom. The van der Waals surface area contributed by atoms with Gasteiger partial charge in [-0.3, -0.25) is 0 Å². The number of para-hydroxylation sites is 4. The molecule has 0 radical (unpaired) electrons. The standard InChI is InChI=1S/C43H24O3/c1-4-15-32-27(10-1)28-11-2-5-16-33(28)43(32)34-22-23-39-42(46-38-19-8-7-18-37(38)44-39)40(34)31-21-20-25(24-35(31)43)26-13-9-14-30-29-12-3-6-17-36(29)45-41(26)30/h1-24H.